The number of fused-ring (bicyclic) bond motifs is 3. The van der Waals surface area contributed by atoms with Crippen LogP contribution < -0.4 is 0 Å². The fraction of sp³-hybridized carbons (Fsp3) is 0.692. The standard InChI is InChI=1S/C26H36O10/c1-8-10-19(28)34-18-12-24(6,36-15(5)27)16-11-17(33-22(29)13(3)9-2)14(4)20(16)21-26(18,32)25(7,31)23(30)35-21/h9,16-18,21,31-32H,8,10-12H2,1-7H3/b13-9-/t16-,17+,18-,21-,24-,25+,26+/m0/s1. The molecule has 1 saturated heterocycles. The molecule has 0 bridgehead atoms. The van der Waals surface area contributed by atoms with Gasteiger partial charge in [0.25, 0.3) is 0 Å². The maximum Gasteiger partial charge on any atom is 0.341 e. The molecule has 3 rings (SSSR count). The Hall–Kier alpha value is -2.72. The van der Waals surface area contributed by atoms with Crippen LogP contribution in [-0.2, 0) is 38.1 Å². The van der Waals surface area contributed by atoms with Gasteiger partial charge in [-0.05, 0) is 58.6 Å². The van der Waals surface area contributed by atoms with Gasteiger partial charge in [-0.2, -0.15) is 0 Å². The highest BCUT2D eigenvalue weighted by Gasteiger charge is 2.74. The van der Waals surface area contributed by atoms with Crippen LogP contribution >= 0.6 is 0 Å². The smallest absolute Gasteiger partial charge is 0.341 e. The third-order valence-corrected chi connectivity index (χ3v) is 7.78. The van der Waals surface area contributed by atoms with Crippen molar-refractivity contribution < 1.29 is 48.3 Å². The van der Waals surface area contributed by atoms with Gasteiger partial charge in [-0.1, -0.05) is 13.0 Å². The molecule has 200 valence electrons. The monoisotopic (exact) mass is 508 g/mol. The highest BCUT2D eigenvalue weighted by Crippen LogP contribution is 2.56. The first-order chi connectivity index (χ1) is 16.6. The van der Waals surface area contributed by atoms with Crippen molar-refractivity contribution in [2.45, 2.75) is 109 Å². The second kappa shape index (κ2) is 9.63. The lowest BCUT2D eigenvalue weighted by atomic mass is 9.75. The van der Waals surface area contributed by atoms with Gasteiger partial charge in [0.05, 0.1) is 0 Å². The largest absolute Gasteiger partial charge is 0.459 e. The Bertz CT molecular complexity index is 1020. The first kappa shape index (κ1) is 27.9. The van der Waals surface area contributed by atoms with Crippen molar-refractivity contribution >= 4 is 23.9 Å². The van der Waals surface area contributed by atoms with Crippen LogP contribution in [0.4, 0.5) is 0 Å². The number of hydrogen-bond acceptors (Lipinski definition) is 10. The van der Waals surface area contributed by atoms with Gasteiger partial charge in [0.1, 0.15) is 17.8 Å². The molecule has 1 heterocycles. The first-order valence-electron chi connectivity index (χ1n) is 12.2. The molecule has 0 aromatic rings. The average molecular weight is 509 g/mol. The molecule has 0 unspecified atom stereocenters. The summed E-state index contributed by atoms with van der Waals surface area (Å²) in [6.07, 6.45) is -1.52. The molecule has 0 amide bonds. The molecule has 0 aromatic carbocycles. The van der Waals surface area contributed by atoms with Crippen molar-refractivity contribution in [2.24, 2.45) is 5.92 Å². The van der Waals surface area contributed by atoms with Crippen molar-refractivity contribution in [1.82, 2.24) is 0 Å². The summed E-state index contributed by atoms with van der Waals surface area (Å²) in [7, 11) is 0. The number of ether oxygens (including phenoxy) is 4. The summed E-state index contributed by atoms with van der Waals surface area (Å²) in [6, 6.07) is 0. The van der Waals surface area contributed by atoms with Gasteiger partial charge in [0.2, 0.25) is 0 Å². The molecule has 3 aliphatic rings. The Labute approximate surface area is 210 Å². The minimum atomic E-state index is -2.44. The molecular formula is C26H36O10. The lowest BCUT2D eigenvalue weighted by molar-refractivity contribution is -0.210. The van der Waals surface area contributed by atoms with E-state index in [1.54, 1.807) is 40.7 Å². The maximum atomic E-state index is 12.8. The van der Waals surface area contributed by atoms with E-state index in [1.165, 1.54) is 6.92 Å². The first-order valence-corrected chi connectivity index (χ1v) is 12.2. The molecule has 2 aliphatic carbocycles. The zero-order valence-corrected chi connectivity index (χ0v) is 21.9. The van der Waals surface area contributed by atoms with E-state index in [2.05, 4.69) is 0 Å². The van der Waals surface area contributed by atoms with Gasteiger partial charge in [-0.15, -0.1) is 0 Å². The molecule has 2 fully saturated rings. The second-order valence-electron chi connectivity index (χ2n) is 10.3. The topological polar surface area (TPSA) is 146 Å². The van der Waals surface area contributed by atoms with Crippen LogP contribution in [0.15, 0.2) is 22.8 Å². The number of allylic oxidation sites excluding steroid dienone is 1. The van der Waals surface area contributed by atoms with Crippen molar-refractivity contribution in [3.63, 3.8) is 0 Å². The Morgan fingerprint density at radius 2 is 1.81 bits per heavy atom. The van der Waals surface area contributed by atoms with Crippen LogP contribution in [0.5, 0.6) is 0 Å². The lowest BCUT2D eigenvalue weighted by Gasteiger charge is -2.41. The van der Waals surface area contributed by atoms with E-state index in [1.807, 2.05) is 0 Å². The van der Waals surface area contributed by atoms with Gasteiger partial charge in [0.15, 0.2) is 17.3 Å². The summed E-state index contributed by atoms with van der Waals surface area (Å²) in [5.74, 6) is -3.53. The lowest BCUT2D eigenvalue weighted by Crippen LogP contribution is -2.64. The minimum absolute atomic E-state index is 0.0476. The van der Waals surface area contributed by atoms with E-state index in [4.69, 9.17) is 18.9 Å². The zero-order valence-electron chi connectivity index (χ0n) is 21.9. The maximum absolute atomic E-state index is 12.8. The summed E-state index contributed by atoms with van der Waals surface area (Å²) >= 11 is 0. The van der Waals surface area contributed by atoms with Crippen molar-refractivity contribution in [3.05, 3.63) is 22.8 Å². The molecule has 10 heteroatoms. The van der Waals surface area contributed by atoms with Crippen LogP contribution in [0.2, 0.25) is 0 Å². The van der Waals surface area contributed by atoms with Crippen molar-refractivity contribution in [1.29, 1.82) is 0 Å². The summed E-state index contributed by atoms with van der Waals surface area (Å²) in [5.41, 5.74) is -4.90. The van der Waals surface area contributed by atoms with Crippen LogP contribution in [0.1, 0.15) is 74.1 Å². The van der Waals surface area contributed by atoms with Gasteiger partial charge >= 0.3 is 23.9 Å². The molecule has 1 saturated carbocycles. The number of carbonyl (C=O) groups is 4. The third kappa shape index (κ3) is 4.34. The van der Waals surface area contributed by atoms with Crippen LogP contribution in [-0.4, -0.2) is 69.2 Å². The summed E-state index contributed by atoms with van der Waals surface area (Å²) in [6.45, 7) is 10.8. The Kier molecular flexibility index (Phi) is 7.45. The van der Waals surface area contributed by atoms with Crippen LogP contribution in [0.25, 0.3) is 0 Å². The molecule has 0 spiro atoms. The Morgan fingerprint density at radius 3 is 2.36 bits per heavy atom. The normalized spacial score (nSPS) is 38.0. The van der Waals surface area contributed by atoms with Gasteiger partial charge in [-0.25, -0.2) is 9.59 Å². The molecule has 0 radical (unpaired) electrons. The highest BCUT2D eigenvalue weighted by molar-refractivity contribution is 5.88. The third-order valence-electron chi connectivity index (χ3n) is 7.78. The van der Waals surface area contributed by atoms with Crippen molar-refractivity contribution in [2.75, 3.05) is 0 Å². The van der Waals surface area contributed by atoms with E-state index in [0.29, 0.717) is 23.1 Å². The fourth-order valence-electron chi connectivity index (χ4n) is 5.60. The van der Waals surface area contributed by atoms with Crippen molar-refractivity contribution in [3.8, 4) is 0 Å². The number of aliphatic hydroxyl groups is 2. The highest BCUT2D eigenvalue weighted by atomic mass is 16.6. The second-order valence-corrected chi connectivity index (χ2v) is 10.3. The number of esters is 4. The molecule has 7 atom stereocenters. The van der Waals surface area contributed by atoms with E-state index < -0.39 is 64.9 Å². The van der Waals surface area contributed by atoms with Gasteiger partial charge < -0.3 is 29.2 Å². The number of rotatable bonds is 6. The average Bonchev–Trinajstić information content (AvgIpc) is 3.16. The van der Waals surface area contributed by atoms with E-state index in [9.17, 15) is 29.4 Å². The summed E-state index contributed by atoms with van der Waals surface area (Å²) < 4.78 is 22.7. The molecule has 10 nitrogen and oxygen atoms in total. The predicted octanol–water partition coefficient (Wildman–Crippen LogP) is 2.05. The minimum Gasteiger partial charge on any atom is -0.459 e. The summed E-state index contributed by atoms with van der Waals surface area (Å²) in [5, 5.41) is 23.2. The number of hydrogen-bond donors (Lipinski definition) is 2. The Balaban J connectivity index is 2.20. The number of carbonyl (C=O) groups excluding carboxylic acids is 4. The SMILES string of the molecule is C/C=C(/C)C(=O)O[C@@H]1C[C@H]2C(=C1C)[C@@H]1OC(=O)[C@@](C)(O)[C@@]1(O)[C@@H](OC(=O)CCC)C[C@]2(C)OC(C)=O. The molecular weight excluding hydrogens is 472 g/mol. The summed E-state index contributed by atoms with van der Waals surface area (Å²) in [4.78, 5) is 50.0. The quantitative estimate of drug-likeness (QED) is 0.237. The zero-order chi connectivity index (χ0) is 27.2. The van der Waals surface area contributed by atoms with Crippen LogP contribution in [0, 0.1) is 5.92 Å². The fourth-order valence-corrected chi connectivity index (χ4v) is 5.60. The van der Waals surface area contributed by atoms with E-state index in [-0.39, 0.29) is 19.3 Å². The van der Waals surface area contributed by atoms with E-state index >= 15 is 0 Å². The molecule has 1 aliphatic heterocycles. The van der Waals surface area contributed by atoms with Gasteiger partial charge in [0, 0.05) is 31.3 Å². The predicted molar refractivity (Wildman–Crippen MR) is 125 cm³/mol. The Morgan fingerprint density at radius 1 is 1.17 bits per heavy atom. The van der Waals surface area contributed by atoms with E-state index in [0.717, 1.165) is 6.92 Å². The molecule has 0 aromatic heterocycles. The molecule has 36 heavy (non-hydrogen) atoms. The molecule has 2 N–H and O–H groups in total. The van der Waals surface area contributed by atoms with Gasteiger partial charge in [-0.3, -0.25) is 9.59 Å². The van der Waals surface area contributed by atoms with Crippen LogP contribution in [0.3, 0.4) is 0 Å².